The summed E-state index contributed by atoms with van der Waals surface area (Å²) < 4.78 is 4.94. The van der Waals surface area contributed by atoms with Gasteiger partial charge in [-0.25, -0.2) is 0 Å². The molecule has 0 radical (unpaired) electrons. The van der Waals surface area contributed by atoms with Gasteiger partial charge in [-0.15, -0.1) is 0 Å². The molecule has 0 aliphatic carbocycles. The Morgan fingerprint density at radius 2 is 1.85 bits per heavy atom. The molecule has 27 heavy (non-hydrogen) atoms. The Balaban J connectivity index is 1.42. The van der Waals surface area contributed by atoms with Crippen LogP contribution in [0, 0.1) is 6.92 Å². The molecule has 1 atom stereocenters. The maximum atomic E-state index is 12.4. The van der Waals surface area contributed by atoms with Gasteiger partial charge in [0.25, 0.3) is 0 Å². The predicted octanol–water partition coefficient (Wildman–Crippen LogP) is 1.57. The molecule has 2 amide bonds. The number of nitrogens with one attached hydrogen (secondary N) is 2. The highest BCUT2D eigenvalue weighted by molar-refractivity contribution is 5.94. The number of amides is 2. The first-order valence-electron chi connectivity index (χ1n) is 9.07. The van der Waals surface area contributed by atoms with E-state index in [-0.39, 0.29) is 17.9 Å². The average molecular weight is 371 g/mol. The zero-order valence-electron chi connectivity index (χ0n) is 15.6. The lowest BCUT2D eigenvalue weighted by atomic mass is 10.2. The van der Waals surface area contributed by atoms with Crippen molar-refractivity contribution >= 4 is 23.3 Å². The summed E-state index contributed by atoms with van der Waals surface area (Å²) >= 11 is 0. The molecule has 1 saturated heterocycles. The molecule has 0 spiro atoms. The van der Waals surface area contributed by atoms with E-state index in [0.29, 0.717) is 18.1 Å². The molecule has 2 heterocycles. The largest absolute Gasteiger partial charge is 0.360 e. The van der Waals surface area contributed by atoms with E-state index in [1.807, 2.05) is 37.3 Å². The number of hydrogen-bond acceptors (Lipinski definition) is 6. The van der Waals surface area contributed by atoms with Gasteiger partial charge >= 0.3 is 0 Å². The number of carbonyl (C=O) groups is 2. The highest BCUT2D eigenvalue weighted by atomic mass is 16.5. The van der Waals surface area contributed by atoms with Crippen LogP contribution in [0.15, 0.2) is 40.9 Å². The van der Waals surface area contributed by atoms with E-state index >= 15 is 0 Å². The van der Waals surface area contributed by atoms with Crippen molar-refractivity contribution in [3.63, 3.8) is 0 Å². The molecule has 1 aromatic carbocycles. The van der Waals surface area contributed by atoms with Crippen LogP contribution in [-0.4, -0.2) is 65.5 Å². The average Bonchev–Trinajstić information content (AvgIpc) is 3.07. The third kappa shape index (κ3) is 5.38. The van der Waals surface area contributed by atoms with Gasteiger partial charge in [0.2, 0.25) is 11.8 Å². The minimum atomic E-state index is -0.223. The zero-order chi connectivity index (χ0) is 19.2. The summed E-state index contributed by atoms with van der Waals surface area (Å²) in [6.45, 7) is 6.91. The molecule has 0 saturated carbocycles. The second-order valence-corrected chi connectivity index (χ2v) is 6.71. The third-order valence-electron chi connectivity index (χ3n) is 4.64. The number of aromatic nitrogens is 1. The maximum absolute atomic E-state index is 12.4. The summed E-state index contributed by atoms with van der Waals surface area (Å²) in [6.07, 6.45) is 0. The topological polar surface area (TPSA) is 90.7 Å². The first kappa shape index (κ1) is 19.1. The predicted molar refractivity (Wildman–Crippen MR) is 102 cm³/mol. The minimum Gasteiger partial charge on any atom is -0.360 e. The van der Waals surface area contributed by atoms with Crippen molar-refractivity contribution in [2.45, 2.75) is 19.9 Å². The molecular weight excluding hydrogens is 346 g/mol. The van der Waals surface area contributed by atoms with Crippen molar-refractivity contribution < 1.29 is 14.1 Å². The maximum Gasteiger partial charge on any atom is 0.241 e. The Bertz CT molecular complexity index is 769. The SMILES string of the molecule is Cc1cc(NC(=O)CN2CCN(C(C)C(=O)Nc3ccccc3)CC2)no1. The van der Waals surface area contributed by atoms with Crippen molar-refractivity contribution in [2.24, 2.45) is 0 Å². The molecule has 1 aromatic heterocycles. The summed E-state index contributed by atoms with van der Waals surface area (Å²) in [5, 5.41) is 9.42. The van der Waals surface area contributed by atoms with Gasteiger partial charge < -0.3 is 15.2 Å². The Hall–Kier alpha value is -2.71. The molecule has 144 valence electrons. The van der Waals surface area contributed by atoms with E-state index in [4.69, 9.17) is 4.52 Å². The summed E-state index contributed by atoms with van der Waals surface area (Å²) in [5.74, 6) is 0.949. The lowest BCUT2D eigenvalue weighted by Crippen LogP contribution is -2.53. The minimum absolute atomic E-state index is 0.0196. The fraction of sp³-hybridized carbons (Fsp3) is 0.421. The van der Waals surface area contributed by atoms with E-state index in [1.165, 1.54) is 0 Å². The number of nitrogens with zero attached hydrogens (tertiary/aromatic N) is 3. The quantitative estimate of drug-likeness (QED) is 0.801. The summed E-state index contributed by atoms with van der Waals surface area (Å²) in [7, 11) is 0. The summed E-state index contributed by atoms with van der Waals surface area (Å²) in [4.78, 5) is 28.7. The van der Waals surface area contributed by atoms with Gasteiger partial charge in [-0.05, 0) is 26.0 Å². The summed E-state index contributed by atoms with van der Waals surface area (Å²) in [6, 6.07) is 10.9. The molecule has 1 aliphatic rings. The Kier molecular flexibility index (Phi) is 6.20. The van der Waals surface area contributed by atoms with Crippen molar-refractivity contribution in [1.29, 1.82) is 0 Å². The second-order valence-electron chi connectivity index (χ2n) is 6.71. The number of anilines is 2. The van der Waals surface area contributed by atoms with Gasteiger partial charge in [0.15, 0.2) is 5.82 Å². The first-order chi connectivity index (χ1) is 13.0. The van der Waals surface area contributed by atoms with Crippen LogP contribution in [0.5, 0.6) is 0 Å². The molecule has 2 aromatic rings. The van der Waals surface area contributed by atoms with E-state index < -0.39 is 0 Å². The van der Waals surface area contributed by atoms with Crippen LogP contribution < -0.4 is 10.6 Å². The number of para-hydroxylation sites is 1. The van der Waals surface area contributed by atoms with Gasteiger partial charge in [-0.3, -0.25) is 19.4 Å². The fourth-order valence-corrected chi connectivity index (χ4v) is 3.05. The van der Waals surface area contributed by atoms with Crippen LogP contribution in [0.1, 0.15) is 12.7 Å². The molecule has 0 bridgehead atoms. The zero-order valence-corrected chi connectivity index (χ0v) is 15.6. The van der Waals surface area contributed by atoms with E-state index in [1.54, 1.807) is 13.0 Å². The molecule has 8 nitrogen and oxygen atoms in total. The lowest BCUT2D eigenvalue weighted by molar-refractivity contribution is -0.122. The van der Waals surface area contributed by atoms with Crippen LogP contribution in [0.2, 0.25) is 0 Å². The molecule has 1 unspecified atom stereocenters. The number of piperazine rings is 1. The van der Waals surface area contributed by atoms with Crippen LogP contribution in [-0.2, 0) is 9.59 Å². The van der Waals surface area contributed by atoms with Gasteiger partial charge in [-0.1, -0.05) is 23.4 Å². The van der Waals surface area contributed by atoms with Gasteiger partial charge in [-0.2, -0.15) is 0 Å². The monoisotopic (exact) mass is 371 g/mol. The number of aryl methyl sites for hydroxylation is 1. The van der Waals surface area contributed by atoms with Crippen molar-refractivity contribution in [3.05, 3.63) is 42.2 Å². The van der Waals surface area contributed by atoms with E-state index in [0.717, 1.165) is 31.9 Å². The molecule has 8 heteroatoms. The van der Waals surface area contributed by atoms with E-state index in [9.17, 15) is 9.59 Å². The Labute approximate surface area is 158 Å². The number of hydrogen-bond donors (Lipinski definition) is 2. The van der Waals surface area contributed by atoms with Gasteiger partial charge in [0, 0.05) is 37.9 Å². The smallest absolute Gasteiger partial charge is 0.241 e. The molecule has 1 fully saturated rings. The van der Waals surface area contributed by atoms with Gasteiger partial charge in [0.1, 0.15) is 5.76 Å². The van der Waals surface area contributed by atoms with Crippen molar-refractivity contribution in [2.75, 3.05) is 43.4 Å². The number of carbonyl (C=O) groups excluding carboxylic acids is 2. The van der Waals surface area contributed by atoms with Crippen molar-refractivity contribution in [1.82, 2.24) is 15.0 Å². The standard InChI is InChI=1S/C19H25N5O3/c1-14-12-17(22-27-14)21-18(25)13-23-8-10-24(11-9-23)15(2)19(26)20-16-6-4-3-5-7-16/h3-7,12,15H,8-11,13H2,1-2H3,(H,20,26)(H,21,22,25). The second kappa shape index (κ2) is 8.79. The Morgan fingerprint density at radius 3 is 2.48 bits per heavy atom. The van der Waals surface area contributed by atoms with Crippen molar-refractivity contribution in [3.8, 4) is 0 Å². The molecule has 2 N–H and O–H groups in total. The normalized spacial score (nSPS) is 16.7. The van der Waals surface area contributed by atoms with Crippen LogP contribution in [0.3, 0.4) is 0 Å². The molecule has 3 rings (SSSR count). The molecular formula is C19H25N5O3. The van der Waals surface area contributed by atoms with E-state index in [2.05, 4.69) is 25.6 Å². The van der Waals surface area contributed by atoms with Crippen LogP contribution in [0.4, 0.5) is 11.5 Å². The highest BCUT2D eigenvalue weighted by Gasteiger charge is 2.26. The fourth-order valence-electron chi connectivity index (χ4n) is 3.05. The Morgan fingerprint density at radius 1 is 1.15 bits per heavy atom. The highest BCUT2D eigenvalue weighted by Crippen LogP contribution is 2.11. The molecule has 1 aliphatic heterocycles. The number of benzene rings is 1. The number of rotatable bonds is 6. The lowest BCUT2D eigenvalue weighted by Gasteiger charge is -2.37. The third-order valence-corrected chi connectivity index (χ3v) is 4.64. The van der Waals surface area contributed by atoms with Gasteiger partial charge in [0.05, 0.1) is 12.6 Å². The van der Waals surface area contributed by atoms with Crippen LogP contribution >= 0.6 is 0 Å². The first-order valence-corrected chi connectivity index (χ1v) is 9.07. The summed E-state index contributed by atoms with van der Waals surface area (Å²) in [5.41, 5.74) is 0.799. The van der Waals surface area contributed by atoms with Crippen LogP contribution in [0.25, 0.3) is 0 Å².